The number of hydrogen-bond acceptors (Lipinski definition) is 6. The van der Waals surface area contributed by atoms with Crippen molar-refractivity contribution in [1.82, 2.24) is 10.2 Å². The molecule has 2 aliphatic rings. The minimum absolute atomic E-state index is 0.152. The summed E-state index contributed by atoms with van der Waals surface area (Å²) in [4.78, 5) is 12.1. The standard InChI is InChI=1S/C29H27F3N2O4/c1-36-24-10-9-21(18-25(24)37-23-7-2-3-8-23)28(15-12-22(35)13-16-28)14-11-19-5-4-6-20(17-19)26-33-34-27(38-26)29(30,31)32/h4-6,9-10,17-18,23H,2-3,7-8,12-13,15-16H2,1H3. The number of ether oxygens (including phenoxy) is 2. The van der Waals surface area contributed by atoms with Crippen molar-refractivity contribution in [1.29, 1.82) is 0 Å². The molecule has 0 N–H and O–H groups in total. The van der Waals surface area contributed by atoms with E-state index in [9.17, 15) is 18.0 Å². The molecule has 2 fully saturated rings. The average Bonchev–Trinajstić information content (AvgIpc) is 3.62. The maximum atomic E-state index is 12.9. The van der Waals surface area contributed by atoms with Crippen molar-refractivity contribution in [3.8, 4) is 34.8 Å². The van der Waals surface area contributed by atoms with Gasteiger partial charge < -0.3 is 13.9 Å². The van der Waals surface area contributed by atoms with Crippen LogP contribution in [0.1, 0.15) is 68.4 Å². The van der Waals surface area contributed by atoms with E-state index >= 15 is 0 Å². The Morgan fingerprint density at radius 3 is 2.47 bits per heavy atom. The molecule has 0 saturated heterocycles. The van der Waals surface area contributed by atoms with Crippen molar-refractivity contribution >= 4 is 5.78 Å². The molecule has 9 heteroatoms. The van der Waals surface area contributed by atoms with Gasteiger partial charge in [0.25, 0.3) is 0 Å². The number of carbonyl (C=O) groups is 1. The molecule has 0 atom stereocenters. The molecule has 0 amide bonds. The summed E-state index contributed by atoms with van der Waals surface area (Å²) >= 11 is 0. The van der Waals surface area contributed by atoms with Crippen molar-refractivity contribution in [2.24, 2.45) is 0 Å². The molecule has 0 unspecified atom stereocenters. The Bertz CT molecular complexity index is 1370. The number of alkyl halides is 3. The summed E-state index contributed by atoms with van der Waals surface area (Å²) in [5, 5.41) is 6.63. The lowest BCUT2D eigenvalue weighted by Crippen LogP contribution is -2.30. The minimum Gasteiger partial charge on any atom is -0.493 e. The van der Waals surface area contributed by atoms with Gasteiger partial charge in [0.2, 0.25) is 5.89 Å². The number of Topliss-reactive ketones (excluding diaryl/α,β-unsaturated/α-hetero) is 1. The van der Waals surface area contributed by atoms with Crippen LogP contribution in [-0.4, -0.2) is 29.2 Å². The first-order chi connectivity index (χ1) is 18.3. The quantitative estimate of drug-likeness (QED) is 0.354. The van der Waals surface area contributed by atoms with Crippen LogP contribution in [0.3, 0.4) is 0 Å². The molecule has 0 radical (unpaired) electrons. The fourth-order valence-corrected chi connectivity index (χ4v) is 5.07. The Hall–Kier alpha value is -3.80. The zero-order valence-electron chi connectivity index (χ0n) is 20.9. The molecule has 1 aromatic heterocycles. The summed E-state index contributed by atoms with van der Waals surface area (Å²) in [6.45, 7) is 0. The van der Waals surface area contributed by atoms with E-state index in [1.807, 2.05) is 18.2 Å². The third-order valence-electron chi connectivity index (χ3n) is 7.20. The lowest BCUT2D eigenvalue weighted by atomic mass is 9.69. The van der Waals surface area contributed by atoms with Crippen molar-refractivity contribution in [2.75, 3.05) is 7.11 Å². The fraction of sp³-hybridized carbons (Fsp3) is 0.414. The number of nitrogens with zero attached hydrogens (tertiary/aromatic N) is 2. The van der Waals surface area contributed by atoms with Gasteiger partial charge in [0.1, 0.15) is 5.78 Å². The van der Waals surface area contributed by atoms with Crippen LogP contribution in [0.2, 0.25) is 0 Å². The van der Waals surface area contributed by atoms with Gasteiger partial charge in [-0.15, -0.1) is 10.2 Å². The van der Waals surface area contributed by atoms with Gasteiger partial charge >= 0.3 is 12.1 Å². The Labute approximate surface area is 218 Å². The van der Waals surface area contributed by atoms with Gasteiger partial charge in [-0.1, -0.05) is 24.0 Å². The van der Waals surface area contributed by atoms with Crippen molar-refractivity contribution in [2.45, 2.75) is 69.1 Å². The number of benzene rings is 2. The summed E-state index contributed by atoms with van der Waals surface area (Å²) in [6.07, 6.45) is 1.70. The van der Waals surface area contributed by atoms with Crippen LogP contribution in [0.25, 0.3) is 11.5 Å². The fourth-order valence-electron chi connectivity index (χ4n) is 5.07. The molecule has 5 rings (SSSR count). The summed E-state index contributed by atoms with van der Waals surface area (Å²) in [5.41, 5.74) is 1.29. The van der Waals surface area contributed by atoms with Crippen LogP contribution in [-0.2, 0) is 16.4 Å². The maximum absolute atomic E-state index is 12.9. The second kappa shape index (κ2) is 10.5. The second-order valence-electron chi connectivity index (χ2n) is 9.75. The van der Waals surface area contributed by atoms with E-state index in [1.165, 1.54) is 0 Å². The van der Waals surface area contributed by atoms with Gasteiger partial charge in [-0.25, -0.2) is 0 Å². The summed E-state index contributed by atoms with van der Waals surface area (Å²) in [7, 11) is 1.61. The molecular weight excluding hydrogens is 497 g/mol. The highest BCUT2D eigenvalue weighted by molar-refractivity contribution is 5.80. The van der Waals surface area contributed by atoms with Gasteiger partial charge in [0.15, 0.2) is 11.5 Å². The van der Waals surface area contributed by atoms with Crippen LogP contribution in [0.5, 0.6) is 11.5 Å². The van der Waals surface area contributed by atoms with Crippen LogP contribution in [0, 0.1) is 11.8 Å². The maximum Gasteiger partial charge on any atom is 0.470 e. The lowest BCUT2D eigenvalue weighted by molar-refractivity contribution is -0.157. The van der Waals surface area contributed by atoms with Gasteiger partial charge in [0.05, 0.1) is 18.6 Å². The Morgan fingerprint density at radius 2 is 1.79 bits per heavy atom. The highest BCUT2D eigenvalue weighted by Crippen LogP contribution is 2.42. The zero-order chi connectivity index (χ0) is 26.8. The zero-order valence-corrected chi connectivity index (χ0v) is 20.9. The third kappa shape index (κ3) is 5.54. The number of rotatable bonds is 5. The van der Waals surface area contributed by atoms with E-state index in [-0.39, 0.29) is 17.8 Å². The topological polar surface area (TPSA) is 74.5 Å². The highest BCUT2D eigenvalue weighted by atomic mass is 19.4. The summed E-state index contributed by atoms with van der Waals surface area (Å²) < 4.78 is 55.3. The number of ketones is 1. The van der Waals surface area contributed by atoms with Gasteiger partial charge in [-0.3, -0.25) is 4.79 Å². The predicted octanol–water partition coefficient (Wildman–Crippen LogP) is 6.52. The number of halogens is 3. The SMILES string of the molecule is COc1ccc(C2(C#Cc3cccc(-c4nnc(C(F)(F)F)o4)c3)CCC(=O)CC2)cc1OC1CCCC1. The van der Waals surface area contributed by atoms with Crippen LogP contribution < -0.4 is 9.47 Å². The lowest BCUT2D eigenvalue weighted by Gasteiger charge is -2.33. The molecule has 3 aromatic rings. The van der Waals surface area contributed by atoms with Crippen LogP contribution >= 0.6 is 0 Å². The largest absolute Gasteiger partial charge is 0.493 e. The van der Waals surface area contributed by atoms with Gasteiger partial charge in [-0.05, 0) is 74.4 Å². The van der Waals surface area contributed by atoms with E-state index in [0.717, 1.165) is 31.2 Å². The molecule has 0 spiro atoms. The first-order valence-corrected chi connectivity index (χ1v) is 12.7. The van der Waals surface area contributed by atoms with Crippen molar-refractivity contribution < 1.29 is 31.9 Å². The third-order valence-corrected chi connectivity index (χ3v) is 7.20. The molecule has 1 heterocycles. The number of methoxy groups -OCH3 is 1. The molecule has 0 bridgehead atoms. The Kier molecular flexibility index (Phi) is 7.15. The highest BCUT2D eigenvalue weighted by Gasteiger charge is 2.38. The minimum atomic E-state index is -4.72. The molecule has 2 aromatic carbocycles. The van der Waals surface area contributed by atoms with E-state index in [4.69, 9.17) is 13.9 Å². The molecule has 6 nitrogen and oxygen atoms in total. The van der Waals surface area contributed by atoms with E-state index in [1.54, 1.807) is 31.4 Å². The molecule has 2 saturated carbocycles. The first kappa shape index (κ1) is 25.8. The molecule has 2 aliphatic carbocycles. The van der Waals surface area contributed by atoms with Crippen molar-refractivity contribution in [3.63, 3.8) is 0 Å². The van der Waals surface area contributed by atoms with Gasteiger partial charge in [-0.2, -0.15) is 13.2 Å². The monoisotopic (exact) mass is 524 g/mol. The molecule has 198 valence electrons. The number of aromatic nitrogens is 2. The number of carbonyl (C=O) groups excluding carboxylic acids is 1. The summed E-state index contributed by atoms with van der Waals surface area (Å²) in [6, 6.07) is 12.5. The van der Waals surface area contributed by atoms with E-state index in [0.29, 0.717) is 48.3 Å². The van der Waals surface area contributed by atoms with E-state index < -0.39 is 17.5 Å². The average molecular weight is 525 g/mol. The smallest absolute Gasteiger partial charge is 0.470 e. The van der Waals surface area contributed by atoms with Gasteiger partial charge in [0, 0.05) is 24.0 Å². The first-order valence-electron chi connectivity index (χ1n) is 12.7. The molecule has 38 heavy (non-hydrogen) atoms. The predicted molar refractivity (Wildman–Crippen MR) is 133 cm³/mol. The second-order valence-corrected chi connectivity index (χ2v) is 9.75. The van der Waals surface area contributed by atoms with Crippen molar-refractivity contribution in [3.05, 3.63) is 59.5 Å². The van der Waals surface area contributed by atoms with Crippen LogP contribution in [0.4, 0.5) is 13.2 Å². The summed E-state index contributed by atoms with van der Waals surface area (Å²) in [5.74, 6) is 6.50. The van der Waals surface area contributed by atoms with E-state index in [2.05, 4.69) is 22.0 Å². The Balaban J connectivity index is 1.48. The number of hydrogen-bond donors (Lipinski definition) is 0. The Morgan fingerprint density at radius 1 is 1.03 bits per heavy atom. The molecule has 0 aliphatic heterocycles. The molecular formula is C29H27F3N2O4. The normalized spacial score (nSPS) is 17.6. The van der Waals surface area contributed by atoms with Crippen LogP contribution in [0.15, 0.2) is 46.9 Å².